The van der Waals surface area contributed by atoms with Crippen LogP contribution in [0.4, 0.5) is 4.39 Å². The summed E-state index contributed by atoms with van der Waals surface area (Å²) in [4.78, 5) is 7.78. The number of fused-ring (bicyclic) bond motifs is 1. The molecule has 1 aliphatic rings. The molecule has 32 heavy (non-hydrogen) atoms. The molecule has 0 aliphatic carbocycles. The maximum Gasteiger partial charge on any atom is 0.211 e. The Hall–Kier alpha value is -3.29. The zero-order valence-electron chi connectivity index (χ0n) is 17.5. The van der Waals surface area contributed by atoms with E-state index in [1.54, 1.807) is 12.3 Å². The van der Waals surface area contributed by atoms with Crippen LogP contribution in [0.15, 0.2) is 72.9 Å². The second kappa shape index (κ2) is 8.00. The quantitative estimate of drug-likeness (QED) is 0.474. The molecule has 1 N–H and O–H groups in total. The highest BCUT2D eigenvalue weighted by Crippen LogP contribution is 2.34. The largest absolute Gasteiger partial charge is 0.339 e. The molecule has 0 atom stereocenters. The lowest BCUT2D eigenvalue weighted by atomic mass is 9.98. The van der Waals surface area contributed by atoms with Gasteiger partial charge in [0.1, 0.15) is 11.5 Å². The highest BCUT2D eigenvalue weighted by molar-refractivity contribution is 7.88. The Kier molecular flexibility index (Phi) is 5.15. The summed E-state index contributed by atoms with van der Waals surface area (Å²) >= 11 is 0. The second-order valence-corrected chi connectivity index (χ2v) is 9.95. The van der Waals surface area contributed by atoms with E-state index in [-0.39, 0.29) is 5.82 Å². The number of halogens is 1. The summed E-state index contributed by atoms with van der Waals surface area (Å²) in [6, 6.07) is 18.7. The maximum absolute atomic E-state index is 15.0. The highest BCUT2D eigenvalue weighted by Gasteiger charge is 2.21. The Morgan fingerprint density at radius 3 is 2.50 bits per heavy atom. The van der Waals surface area contributed by atoms with E-state index in [4.69, 9.17) is 0 Å². The summed E-state index contributed by atoms with van der Waals surface area (Å²) in [5.74, 6) is -0.273. The molecule has 0 saturated heterocycles. The zero-order valence-corrected chi connectivity index (χ0v) is 18.4. The minimum absolute atomic E-state index is 0.273. The zero-order chi connectivity index (χ0) is 22.3. The third-order valence-electron chi connectivity index (χ3n) is 5.88. The molecule has 5 rings (SSSR count). The lowest BCUT2D eigenvalue weighted by Gasteiger charge is -2.23. The van der Waals surface area contributed by atoms with Gasteiger partial charge in [0.15, 0.2) is 0 Å². The Labute approximate surface area is 186 Å². The fourth-order valence-corrected chi connectivity index (χ4v) is 4.95. The molecule has 7 heteroatoms. The monoisotopic (exact) mass is 447 g/mol. The van der Waals surface area contributed by atoms with Gasteiger partial charge in [-0.1, -0.05) is 48.5 Å². The number of aromatic nitrogens is 2. The van der Waals surface area contributed by atoms with Crippen LogP contribution >= 0.6 is 0 Å². The molecule has 3 heterocycles. The van der Waals surface area contributed by atoms with Gasteiger partial charge in [-0.3, -0.25) is 0 Å². The molecular weight excluding hydrogens is 425 g/mol. The van der Waals surface area contributed by atoms with Crippen LogP contribution in [-0.2, 0) is 10.0 Å². The molecule has 0 unspecified atom stereocenters. The fourth-order valence-electron chi connectivity index (χ4n) is 4.18. The van der Waals surface area contributed by atoms with Gasteiger partial charge in [-0.25, -0.2) is 17.8 Å². The molecule has 2 aromatic carbocycles. The van der Waals surface area contributed by atoms with Crippen LogP contribution in [0.5, 0.6) is 0 Å². The highest BCUT2D eigenvalue weighted by atomic mass is 32.2. The SMILES string of the molecule is CS(=O)(=O)N1CC=C(c2cc3c(-c4ccc(-c5ccccc5)c(F)c4)ccnc3[nH]2)CC1. The molecule has 2 aromatic heterocycles. The molecule has 5 nitrogen and oxygen atoms in total. The van der Waals surface area contributed by atoms with Crippen molar-refractivity contribution in [3.8, 4) is 22.3 Å². The van der Waals surface area contributed by atoms with Crippen molar-refractivity contribution in [3.63, 3.8) is 0 Å². The number of pyridine rings is 1. The van der Waals surface area contributed by atoms with E-state index in [0.717, 1.165) is 39.0 Å². The molecule has 0 spiro atoms. The topological polar surface area (TPSA) is 66.1 Å². The number of nitrogens with one attached hydrogen (secondary N) is 1. The third kappa shape index (κ3) is 3.85. The van der Waals surface area contributed by atoms with E-state index in [0.29, 0.717) is 25.1 Å². The van der Waals surface area contributed by atoms with Crippen LogP contribution in [0.1, 0.15) is 12.1 Å². The summed E-state index contributed by atoms with van der Waals surface area (Å²) in [6.07, 6.45) is 5.49. The number of nitrogens with zero attached hydrogens (tertiary/aromatic N) is 2. The van der Waals surface area contributed by atoms with Crippen LogP contribution in [0.25, 0.3) is 38.9 Å². The predicted octanol–water partition coefficient (Wildman–Crippen LogP) is 5.08. The van der Waals surface area contributed by atoms with Gasteiger partial charge in [0.05, 0.1) is 6.26 Å². The Balaban J connectivity index is 1.51. The van der Waals surface area contributed by atoms with Gasteiger partial charge in [0, 0.05) is 35.9 Å². The molecule has 162 valence electrons. The van der Waals surface area contributed by atoms with Crippen molar-refractivity contribution in [2.24, 2.45) is 0 Å². The molecule has 1 aliphatic heterocycles. The molecule has 0 radical (unpaired) electrons. The van der Waals surface area contributed by atoms with Gasteiger partial charge in [-0.05, 0) is 46.9 Å². The number of hydrogen-bond acceptors (Lipinski definition) is 3. The molecule has 0 bridgehead atoms. The van der Waals surface area contributed by atoms with Gasteiger partial charge in [-0.2, -0.15) is 4.31 Å². The number of hydrogen-bond donors (Lipinski definition) is 1. The van der Waals surface area contributed by atoms with Crippen molar-refractivity contribution in [2.75, 3.05) is 19.3 Å². The first kappa shape index (κ1) is 20.6. The summed E-state index contributed by atoms with van der Waals surface area (Å²) < 4.78 is 39.9. The average Bonchev–Trinajstić information content (AvgIpc) is 3.24. The van der Waals surface area contributed by atoms with Crippen molar-refractivity contribution in [1.82, 2.24) is 14.3 Å². The summed E-state index contributed by atoms with van der Waals surface area (Å²) in [7, 11) is -3.20. The maximum atomic E-state index is 15.0. The number of rotatable bonds is 4. The minimum atomic E-state index is -3.20. The summed E-state index contributed by atoms with van der Waals surface area (Å²) in [5, 5.41) is 0.904. The Morgan fingerprint density at radius 2 is 1.81 bits per heavy atom. The van der Waals surface area contributed by atoms with Crippen molar-refractivity contribution in [1.29, 1.82) is 0 Å². The van der Waals surface area contributed by atoms with E-state index in [9.17, 15) is 12.8 Å². The first-order valence-corrected chi connectivity index (χ1v) is 12.2. The van der Waals surface area contributed by atoms with E-state index in [1.807, 2.05) is 60.7 Å². The number of H-pyrrole nitrogens is 1. The summed E-state index contributed by atoms with van der Waals surface area (Å²) in [6.45, 7) is 0.808. The first-order chi connectivity index (χ1) is 15.4. The first-order valence-electron chi connectivity index (χ1n) is 10.4. The summed E-state index contributed by atoms with van der Waals surface area (Å²) in [5.41, 5.74) is 5.77. The van der Waals surface area contributed by atoms with Crippen LogP contribution in [-0.4, -0.2) is 42.0 Å². The smallest absolute Gasteiger partial charge is 0.211 e. The lowest BCUT2D eigenvalue weighted by Crippen LogP contribution is -2.33. The van der Waals surface area contributed by atoms with Crippen LogP contribution < -0.4 is 0 Å². The fraction of sp³-hybridized carbons (Fsp3) is 0.160. The third-order valence-corrected chi connectivity index (χ3v) is 7.15. The van der Waals surface area contributed by atoms with Crippen molar-refractivity contribution in [2.45, 2.75) is 6.42 Å². The van der Waals surface area contributed by atoms with Gasteiger partial charge >= 0.3 is 0 Å². The van der Waals surface area contributed by atoms with Crippen molar-refractivity contribution in [3.05, 3.63) is 84.4 Å². The van der Waals surface area contributed by atoms with Crippen LogP contribution in [0.2, 0.25) is 0 Å². The molecule has 0 saturated carbocycles. The average molecular weight is 448 g/mol. The van der Waals surface area contributed by atoms with Gasteiger partial charge in [0.2, 0.25) is 10.0 Å². The van der Waals surface area contributed by atoms with Gasteiger partial charge in [-0.15, -0.1) is 0 Å². The second-order valence-electron chi connectivity index (χ2n) is 7.96. The number of aromatic amines is 1. The van der Waals surface area contributed by atoms with Crippen LogP contribution in [0.3, 0.4) is 0 Å². The van der Waals surface area contributed by atoms with Crippen LogP contribution in [0, 0.1) is 5.82 Å². The lowest BCUT2D eigenvalue weighted by molar-refractivity contribution is 0.445. The van der Waals surface area contributed by atoms with E-state index in [1.165, 1.54) is 10.6 Å². The van der Waals surface area contributed by atoms with E-state index >= 15 is 0 Å². The van der Waals surface area contributed by atoms with Gasteiger partial charge < -0.3 is 4.98 Å². The predicted molar refractivity (Wildman–Crippen MR) is 126 cm³/mol. The number of sulfonamides is 1. The number of benzene rings is 2. The van der Waals surface area contributed by atoms with Crippen molar-refractivity contribution >= 4 is 26.6 Å². The van der Waals surface area contributed by atoms with E-state index < -0.39 is 10.0 Å². The Bertz CT molecular complexity index is 1440. The van der Waals surface area contributed by atoms with Gasteiger partial charge in [0.25, 0.3) is 0 Å². The Morgan fingerprint density at radius 1 is 1.00 bits per heavy atom. The molecule has 0 amide bonds. The standard InChI is InChI=1S/C25H22FN3O2S/c1-32(30,31)29-13-10-18(11-14-29)24-16-22-20(9-12-27-25(22)28-24)19-7-8-21(23(26)15-19)17-5-3-2-4-6-17/h2-10,12,15-16H,11,13-14H2,1H3,(H,27,28). The minimum Gasteiger partial charge on any atom is -0.339 e. The molecular formula is C25H22FN3O2S. The molecule has 0 fully saturated rings. The molecule has 4 aromatic rings. The van der Waals surface area contributed by atoms with Crippen molar-refractivity contribution < 1.29 is 12.8 Å². The van der Waals surface area contributed by atoms with E-state index in [2.05, 4.69) is 9.97 Å². The normalized spacial score (nSPS) is 15.1.